The molecule has 1 N–H and O–H groups in total. The first-order valence-corrected chi connectivity index (χ1v) is 6.22. The molecule has 2 rings (SSSR count). The average Bonchev–Trinajstić information content (AvgIpc) is 2.43. The van der Waals surface area contributed by atoms with Gasteiger partial charge in [0.15, 0.2) is 0 Å². The molecule has 1 aliphatic heterocycles. The van der Waals surface area contributed by atoms with Crippen molar-refractivity contribution >= 4 is 34.2 Å². The Morgan fingerprint density at radius 2 is 2.27 bits per heavy atom. The fourth-order valence-corrected chi connectivity index (χ4v) is 3.19. The van der Waals surface area contributed by atoms with Gasteiger partial charge < -0.3 is 5.32 Å². The summed E-state index contributed by atoms with van der Waals surface area (Å²) in [7, 11) is 0. The summed E-state index contributed by atoms with van der Waals surface area (Å²) in [5, 5.41) is 2.66. The van der Waals surface area contributed by atoms with Crippen LogP contribution in [0.1, 0.15) is 26.7 Å². The molecule has 0 radical (unpaired) electrons. The first-order chi connectivity index (χ1) is 7.06. The van der Waals surface area contributed by atoms with Gasteiger partial charge in [-0.2, -0.15) is 0 Å². The number of carbonyl (C=O) groups is 1. The molecule has 15 heavy (non-hydrogen) atoms. The lowest BCUT2D eigenvalue weighted by Gasteiger charge is -2.19. The van der Waals surface area contributed by atoms with Crippen LogP contribution in [0.25, 0.3) is 0 Å². The Morgan fingerprint density at radius 1 is 1.53 bits per heavy atom. The van der Waals surface area contributed by atoms with Crippen LogP contribution in [0.4, 0.5) is 0 Å². The Morgan fingerprint density at radius 3 is 2.80 bits per heavy atom. The number of allylic oxidation sites excluding steroid dienone is 3. The Kier molecular flexibility index (Phi) is 2.98. The van der Waals surface area contributed by atoms with Gasteiger partial charge in [0.25, 0.3) is 5.91 Å². The normalized spacial score (nSPS) is 31.6. The molecule has 0 spiro atoms. The van der Waals surface area contributed by atoms with E-state index in [-0.39, 0.29) is 5.91 Å². The molecule has 1 amide bonds. The molecule has 2 nitrogen and oxygen atoms in total. The van der Waals surface area contributed by atoms with Crippen molar-refractivity contribution in [2.24, 2.45) is 5.92 Å². The Labute approximate surface area is 99.2 Å². The number of nitrogens with one attached hydrogen (secondary N) is 1. The molecule has 80 valence electrons. The molecule has 0 saturated carbocycles. The SMILES string of the molecule is CC1=C/C(=C2/SC(=S)NC2=O)CC(C)C1. The third kappa shape index (κ3) is 2.32. The van der Waals surface area contributed by atoms with Gasteiger partial charge in [-0.3, -0.25) is 4.79 Å². The van der Waals surface area contributed by atoms with Crippen molar-refractivity contribution in [1.82, 2.24) is 5.32 Å². The predicted octanol–water partition coefficient (Wildman–Crippen LogP) is 2.76. The highest BCUT2D eigenvalue weighted by Gasteiger charge is 2.27. The first-order valence-electron chi connectivity index (χ1n) is 4.99. The van der Waals surface area contributed by atoms with Crippen LogP contribution in [-0.4, -0.2) is 10.2 Å². The van der Waals surface area contributed by atoms with Gasteiger partial charge in [-0.1, -0.05) is 42.6 Å². The minimum atomic E-state index is -0.0295. The number of carbonyl (C=O) groups excluding carboxylic acids is 1. The summed E-state index contributed by atoms with van der Waals surface area (Å²) in [6.45, 7) is 4.33. The van der Waals surface area contributed by atoms with E-state index in [4.69, 9.17) is 12.2 Å². The van der Waals surface area contributed by atoms with Crippen molar-refractivity contribution in [2.45, 2.75) is 26.7 Å². The van der Waals surface area contributed by atoms with Crippen LogP contribution in [0, 0.1) is 5.92 Å². The van der Waals surface area contributed by atoms with Gasteiger partial charge >= 0.3 is 0 Å². The molecule has 2 aliphatic rings. The summed E-state index contributed by atoms with van der Waals surface area (Å²) in [4.78, 5) is 12.4. The van der Waals surface area contributed by atoms with Gasteiger partial charge in [0.05, 0.1) is 4.91 Å². The summed E-state index contributed by atoms with van der Waals surface area (Å²) >= 11 is 6.37. The molecule has 1 heterocycles. The van der Waals surface area contributed by atoms with Crippen molar-refractivity contribution in [1.29, 1.82) is 0 Å². The van der Waals surface area contributed by atoms with E-state index in [0.29, 0.717) is 10.2 Å². The summed E-state index contributed by atoms with van der Waals surface area (Å²) in [5.41, 5.74) is 2.50. The maximum Gasteiger partial charge on any atom is 0.263 e. The number of hydrogen-bond acceptors (Lipinski definition) is 3. The lowest BCUT2D eigenvalue weighted by atomic mass is 9.87. The van der Waals surface area contributed by atoms with E-state index in [9.17, 15) is 4.79 Å². The first kappa shape index (κ1) is 10.9. The third-order valence-corrected chi connectivity index (χ3v) is 3.86. The number of rotatable bonds is 0. The van der Waals surface area contributed by atoms with Crippen LogP contribution in [0.3, 0.4) is 0 Å². The molecule has 1 fully saturated rings. The Balaban J connectivity index is 2.36. The van der Waals surface area contributed by atoms with Crippen LogP contribution in [0.2, 0.25) is 0 Å². The average molecular weight is 239 g/mol. The van der Waals surface area contributed by atoms with Crippen LogP contribution in [0.5, 0.6) is 0 Å². The summed E-state index contributed by atoms with van der Waals surface area (Å²) in [6.07, 6.45) is 4.25. The molecule has 1 atom stereocenters. The summed E-state index contributed by atoms with van der Waals surface area (Å²) in [5.74, 6) is 0.596. The predicted molar refractivity (Wildman–Crippen MR) is 67.5 cm³/mol. The van der Waals surface area contributed by atoms with Gasteiger partial charge in [-0.05, 0) is 31.3 Å². The molecule has 0 aromatic heterocycles. The van der Waals surface area contributed by atoms with Crippen molar-refractivity contribution in [3.05, 3.63) is 22.1 Å². The maximum absolute atomic E-state index is 11.6. The molecule has 1 saturated heterocycles. The van der Waals surface area contributed by atoms with Gasteiger partial charge in [-0.25, -0.2) is 0 Å². The van der Waals surface area contributed by atoms with E-state index in [0.717, 1.165) is 23.3 Å². The molecule has 0 bridgehead atoms. The van der Waals surface area contributed by atoms with Crippen LogP contribution >= 0.6 is 24.0 Å². The largest absolute Gasteiger partial charge is 0.307 e. The minimum absolute atomic E-state index is 0.0295. The number of amides is 1. The minimum Gasteiger partial charge on any atom is -0.307 e. The number of hydrogen-bond donors (Lipinski definition) is 1. The third-order valence-electron chi connectivity index (χ3n) is 2.57. The number of thioether (sulfide) groups is 1. The fourth-order valence-electron chi connectivity index (χ4n) is 2.10. The zero-order chi connectivity index (χ0) is 11.0. The van der Waals surface area contributed by atoms with E-state index in [1.165, 1.54) is 17.3 Å². The summed E-state index contributed by atoms with van der Waals surface area (Å²) < 4.78 is 0.576. The molecule has 1 aliphatic carbocycles. The van der Waals surface area contributed by atoms with Crippen molar-refractivity contribution < 1.29 is 4.79 Å². The van der Waals surface area contributed by atoms with Gasteiger partial charge in [-0.15, -0.1) is 0 Å². The Bertz CT molecular complexity index is 395. The molecular formula is C11H13NOS2. The Hall–Kier alpha value is -0.610. The monoisotopic (exact) mass is 239 g/mol. The second kappa shape index (κ2) is 4.10. The molecule has 4 heteroatoms. The van der Waals surface area contributed by atoms with Crippen molar-refractivity contribution in [3.8, 4) is 0 Å². The second-order valence-electron chi connectivity index (χ2n) is 4.20. The quantitative estimate of drug-likeness (QED) is 0.520. The van der Waals surface area contributed by atoms with E-state index < -0.39 is 0 Å². The topological polar surface area (TPSA) is 29.1 Å². The van der Waals surface area contributed by atoms with Crippen molar-refractivity contribution in [3.63, 3.8) is 0 Å². The molecular weight excluding hydrogens is 226 g/mol. The van der Waals surface area contributed by atoms with Crippen LogP contribution in [-0.2, 0) is 4.79 Å². The maximum atomic E-state index is 11.6. The van der Waals surface area contributed by atoms with Crippen LogP contribution in [0.15, 0.2) is 22.1 Å². The molecule has 1 unspecified atom stereocenters. The van der Waals surface area contributed by atoms with Gasteiger partial charge in [0, 0.05) is 0 Å². The van der Waals surface area contributed by atoms with E-state index in [2.05, 4.69) is 25.2 Å². The molecule has 0 aromatic rings. The standard InChI is InChI=1S/C11H13NOS2/c1-6-3-7(2)5-8(4-6)9-10(13)12-11(14)15-9/h4,7H,3,5H2,1-2H3,(H,12,13,14)/b9-8-. The highest BCUT2D eigenvalue weighted by molar-refractivity contribution is 8.26. The highest BCUT2D eigenvalue weighted by Crippen LogP contribution is 2.35. The van der Waals surface area contributed by atoms with E-state index >= 15 is 0 Å². The lowest BCUT2D eigenvalue weighted by Crippen LogP contribution is -2.18. The zero-order valence-corrected chi connectivity index (χ0v) is 10.4. The van der Waals surface area contributed by atoms with E-state index in [1.807, 2.05) is 0 Å². The highest BCUT2D eigenvalue weighted by atomic mass is 32.2. The summed E-state index contributed by atoms with van der Waals surface area (Å²) in [6, 6.07) is 0. The van der Waals surface area contributed by atoms with Crippen LogP contribution < -0.4 is 5.32 Å². The van der Waals surface area contributed by atoms with E-state index in [1.54, 1.807) is 0 Å². The molecule has 0 aromatic carbocycles. The zero-order valence-electron chi connectivity index (χ0n) is 8.79. The second-order valence-corrected chi connectivity index (χ2v) is 5.89. The smallest absolute Gasteiger partial charge is 0.263 e. The fraction of sp³-hybridized carbons (Fsp3) is 0.455. The van der Waals surface area contributed by atoms with Gasteiger partial charge in [0.1, 0.15) is 4.32 Å². The van der Waals surface area contributed by atoms with Gasteiger partial charge in [0.2, 0.25) is 0 Å². The van der Waals surface area contributed by atoms with Crippen molar-refractivity contribution in [2.75, 3.05) is 0 Å². The number of thiocarbonyl (C=S) groups is 1. The lowest BCUT2D eigenvalue weighted by molar-refractivity contribution is -0.115.